The molecule has 0 aromatic heterocycles. The standard InChI is InChI=1S/C16H18N2O4S/c1-22-14-8-7-13(11-15(14)23(17,20)21)16(19)18-10-9-12-5-3-2-4-6-12/h2-8,11H,9-10H2,1H3,(H,18,19)(H2,17,20,21). The highest BCUT2D eigenvalue weighted by molar-refractivity contribution is 7.89. The van der Waals surface area contributed by atoms with Crippen molar-refractivity contribution in [3.8, 4) is 5.75 Å². The van der Waals surface area contributed by atoms with Gasteiger partial charge in [0.05, 0.1) is 7.11 Å². The Labute approximate surface area is 135 Å². The summed E-state index contributed by atoms with van der Waals surface area (Å²) in [6, 6.07) is 13.8. The summed E-state index contributed by atoms with van der Waals surface area (Å²) >= 11 is 0. The molecule has 0 aliphatic heterocycles. The number of methoxy groups -OCH3 is 1. The molecule has 0 saturated heterocycles. The third-order valence-corrected chi connectivity index (χ3v) is 4.21. The first-order valence-corrected chi connectivity index (χ1v) is 8.49. The van der Waals surface area contributed by atoms with Crippen molar-refractivity contribution >= 4 is 15.9 Å². The molecule has 0 saturated carbocycles. The van der Waals surface area contributed by atoms with Crippen LogP contribution in [0.2, 0.25) is 0 Å². The van der Waals surface area contributed by atoms with E-state index in [0.717, 1.165) is 5.56 Å². The maximum Gasteiger partial charge on any atom is 0.251 e. The Bertz CT molecular complexity index is 789. The van der Waals surface area contributed by atoms with Crippen molar-refractivity contribution < 1.29 is 17.9 Å². The number of carbonyl (C=O) groups is 1. The molecule has 2 aromatic carbocycles. The van der Waals surface area contributed by atoms with Gasteiger partial charge in [-0.25, -0.2) is 13.6 Å². The van der Waals surface area contributed by atoms with E-state index in [4.69, 9.17) is 9.88 Å². The van der Waals surface area contributed by atoms with Crippen LogP contribution in [0, 0.1) is 0 Å². The van der Waals surface area contributed by atoms with E-state index in [0.29, 0.717) is 13.0 Å². The fraction of sp³-hybridized carbons (Fsp3) is 0.188. The van der Waals surface area contributed by atoms with Crippen molar-refractivity contribution in [1.82, 2.24) is 5.32 Å². The number of hydrogen-bond donors (Lipinski definition) is 2. The highest BCUT2D eigenvalue weighted by Gasteiger charge is 2.17. The van der Waals surface area contributed by atoms with Gasteiger partial charge in [0, 0.05) is 12.1 Å². The molecule has 0 heterocycles. The predicted octanol–water partition coefficient (Wildman–Crippen LogP) is 1.32. The molecule has 23 heavy (non-hydrogen) atoms. The van der Waals surface area contributed by atoms with Gasteiger partial charge >= 0.3 is 0 Å². The molecule has 2 aromatic rings. The third-order valence-electron chi connectivity index (χ3n) is 3.27. The molecular formula is C16H18N2O4S. The summed E-state index contributed by atoms with van der Waals surface area (Å²) in [4.78, 5) is 11.9. The van der Waals surface area contributed by atoms with Crippen LogP contribution in [0.1, 0.15) is 15.9 Å². The van der Waals surface area contributed by atoms with Crippen molar-refractivity contribution in [3.63, 3.8) is 0 Å². The van der Waals surface area contributed by atoms with E-state index in [9.17, 15) is 13.2 Å². The molecule has 0 unspecified atom stereocenters. The summed E-state index contributed by atoms with van der Waals surface area (Å²) in [5.41, 5.74) is 1.32. The van der Waals surface area contributed by atoms with E-state index in [1.807, 2.05) is 30.3 Å². The van der Waals surface area contributed by atoms with Crippen molar-refractivity contribution in [2.24, 2.45) is 5.14 Å². The summed E-state index contributed by atoms with van der Waals surface area (Å²) in [6.07, 6.45) is 0.685. The topological polar surface area (TPSA) is 98.5 Å². The second kappa shape index (κ2) is 7.26. The summed E-state index contributed by atoms with van der Waals surface area (Å²) in [7, 11) is -2.63. The highest BCUT2D eigenvalue weighted by Crippen LogP contribution is 2.23. The van der Waals surface area contributed by atoms with Gasteiger partial charge in [0.1, 0.15) is 10.6 Å². The Morgan fingerprint density at radius 1 is 1.17 bits per heavy atom. The number of nitrogens with one attached hydrogen (secondary N) is 1. The highest BCUT2D eigenvalue weighted by atomic mass is 32.2. The lowest BCUT2D eigenvalue weighted by Crippen LogP contribution is -2.26. The largest absolute Gasteiger partial charge is 0.495 e. The van der Waals surface area contributed by atoms with Crippen molar-refractivity contribution in [1.29, 1.82) is 0 Å². The van der Waals surface area contributed by atoms with E-state index in [-0.39, 0.29) is 22.1 Å². The van der Waals surface area contributed by atoms with E-state index in [2.05, 4.69) is 5.32 Å². The maximum absolute atomic E-state index is 12.1. The van der Waals surface area contributed by atoms with Crippen molar-refractivity contribution in [2.75, 3.05) is 13.7 Å². The number of nitrogens with two attached hydrogens (primary N) is 1. The minimum atomic E-state index is -3.97. The molecule has 0 spiro atoms. The molecule has 0 atom stereocenters. The molecule has 0 aliphatic rings. The lowest BCUT2D eigenvalue weighted by Gasteiger charge is -2.10. The normalized spacial score (nSPS) is 11.0. The molecule has 7 heteroatoms. The Morgan fingerprint density at radius 3 is 2.48 bits per heavy atom. The Kier molecular flexibility index (Phi) is 5.36. The molecule has 0 aliphatic carbocycles. The predicted molar refractivity (Wildman–Crippen MR) is 86.8 cm³/mol. The molecule has 122 valence electrons. The van der Waals surface area contributed by atoms with Gasteiger partial charge in [-0.05, 0) is 30.2 Å². The minimum Gasteiger partial charge on any atom is -0.495 e. The fourth-order valence-electron chi connectivity index (χ4n) is 2.11. The molecule has 0 bridgehead atoms. The van der Waals surface area contributed by atoms with Gasteiger partial charge in [0.25, 0.3) is 5.91 Å². The number of hydrogen-bond acceptors (Lipinski definition) is 4. The van der Waals surface area contributed by atoms with Crippen LogP contribution in [0.5, 0.6) is 5.75 Å². The molecule has 0 radical (unpaired) electrons. The summed E-state index contributed by atoms with van der Waals surface area (Å²) in [5.74, 6) is -0.262. The number of benzene rings is 2. The van der Waals surface area contributed by atoms with Crippen LogP contribution in [0.3, 0.4) is 0 Å². The molecular weight excluding hydrogens is 316 g/mol. The van der Waals surface area contributed by atoms with E-state index in [1.165, 1.54) is 25.3 Å². The SMILES string of the molecule is COc1ccc(C(=O)NCCc2ccccc2)cc1S(N)(=O)=O. The number of ether oxygens (including phenoxy) is 1. The Morgan fingerprint density at radius 2 is 1.87 bits per heavy atom. The molecule has 6 nitrogen and oxygen atoms in total. The van der Waals surface area contributed by atoms with Crippen LogP contribution in [-0.4, -0.2) is 28.0 Å². The zero-order chi connectivity index (χ0) is 16.9. The minimum absolute atomic E-state index is 0.105. The van der Waals surface area contributed by atoms with E-state index in [1.54, 1.807) is 0 Å². The van der Waals surface area contributed by atoms with Gasteiger partial charge < -0.3 is 10.1 Å². The zero-order valence-corrected chi connectivity index (χ0v) is 13.5. The number of primary sulfonamides is 1. The van der Waals surface area contributed by atoms with Gasteiger partial charge in [-0.2, -0.15) is 0 Å². The number of amides is 1. The van der Waals surface area contributed by atoms with Crippen LogP contribution in [0.4, 0.5) is 0 Å². The maximum atomic E-state index is 12.1. The third kappa shape index (κ3) is 4.54. The lowest BCUT2D eigenvalue weighted by atomic mass is 10.1. The first-order chi connectivity index (χ1) is 10.9. The van der Waals surface area contributed by atoms with Gasteiger partial charge in [0.15, 0.2) is 0 Å². The van der Waals surface area contributed by atoms with Crippen molar-refractivity contribution in [2.45, 2.75) is 11.3 Å². The lowest BCUT2D eigenvalue weighted by molar-refractivity contribution is 0.0954. The quantitative estimate of drug-likeness (QED) is 0.832. The first-order valence-electron chi connectivity index (χ1n) is 6.95. The van der Waals surface area contributed by atoms with Gasteiger partial charge in [0.2, 0.25) is 10.0 Å². The molecule has 1 amide bonds. The van der Waals surface area contributed by atoms with E-state index < -0.39 is 10.0 Å². The average molecular weight is 334 g/mol. The smallest absolute Gasteiger partial charge is 0.251 e. The first kappa shape index (κ1) is 17.0. The number of sulfonamides is 1. The second-order valence-electron chi connectivity index (χ2n) is 4.90. The van der Waals surface area contributed by atoms with Gasteiger partial charge in [-0.1, -0.05) is 30.3 Å². The summed E-state index contributed by atoms with van der Waals surface area (Å²) in [6.45, 7) is 0.444. The molecule has 0 fully saturated rings. The summed E-state index contributed by atoms with van der Waals surface area (Å²) < 4.78 is 28.1. The van der Waals surface area contributed by atoms with Crippen molar-refractivity contribution in [3.05, 3.63) is 59.7 Å². The van der Waals surface area contributed by atoms with Crippen LogP contribution in [0.25, 0.3) is 0 Å². The van der Waals surface area contributed by atoms with Crippen LogP contribution >= 0.6 is 0 Å². The second-order valence-corrected chi connectivity index (χ2v) is 6.43. The molecule has 3 N–H and O–H groups in total. The van der Waals surface area contributed by atoms with Crippen LogP contribution < -0.4 is 15.2 Å². The Balaban J connectivity index is 2.08. The zero-order valence-electron chi connectivity index (χ0n) is 12.7. The average Bonchev–Trinajstić information content (AvgIpc) is 2.54. The Hall–Kier alpha value is -2.38. The molecule has 2 rings (SSSR count). The monoisotopic (exact) mass is 334 g/mol. The summed E-state index contributed by atoms with van der Waals surface area (Å²) in [5, 5.41) is 7.89. The van der Waals surface area contributed by atoms with E-state index >= 15 is 0 Å². The fourth-order valence-corrected chi connectivity index (χ4v) is 2.83. The van der Waals surface area contributed by atoms with Gasteiger partial charge in [-0.15, -0.1) is 0 Å². The van der Waals surface area contributed by atoms with Crippen LogP contribution in [0.15, 0.2) is 53.4 Å². The van der Waals surface area contributed by atoms with Gasteiger partial charge in [-0.3, -0.25) is 4.79 Å². The number of carbonyl (C=O) groups excluding carboxylic acids is 1. The number of rotatable bonds is 6. The van der Waals surface area contributed by atoms with Crippen LogP contribution in [-0.2, 0) is 16.4 Å².